The molecule has 2 aromatic rings. The maximum Gasteiger partial charge on any atom is 0.323 e. The average Bonchev–Trinajstić information content (AvgIpc) is 3.57. The van der Waals surface area contributed by atoms with E-state index in [1.165, 1.54) is 18.9 Å². The highest BCUT2D eigenvalue weighted by molar-refractivity contribution is 8.30. The molecule has 5 rings (SSSR count). The van der Waals surface area contributed by atoms with Crippen molar-refractivity contribution in [2.45, 2.75) is 24.3 Å². The smallest absolute Gasteiger partial charge is 0.323 e. The zero-order chi connectivity index (χ0) is 29.6. The monoisotopic (exact) mass is 635 g/mol. The fourth-order valence-corrected chi connectivity index (χ4v) is 8.09. The number of methoxy groups -OCH3 is 1. The number of hydrogen-bond acceptors (Lipinski definition) is 11. The summed E-state index contributed by atoms with van der Waals surface area (Å²) in [6, 6.07) is 5.35. The Bertz CT molecular complexity index is 1740. The first-order chi connectivity index (χ1) is 19.5. The largest absolute Gasteiger partial charge is 0.497 e. The summed E-state index contributed by atoms with van der Waals surface area (Å²) in [6.07, 6.45) is 3.29. The van der Waals surface area contributed by atoms with Gasteiger partial charge in [-0.15, -0.1) is 11.3 Å². The van der Waals surface area contributed by atoms with Crippen molar-refractivity contribution in [2.24, 2.45) is 5.92 Å². The Morgan fingerprint density at radius 2 is 1.68 bits per heavy atom. The lowest BCUT2D eigenvalue weighted by Crippen LogP contribution is -2.36. The van der Waals surface area contributed by atoms with Crippen molar-refractivity contribution in [2.75, 3.05) is 25.1 Å². The maximum absolute atomic E-state index is 13.5. The minimum Gasteiger partial charge on any atom is -0.497 e. The number of aromatic nitrogens is 1. The predicted molar refractivity (Wildman–Crippen MR) is 156 cm³/mol. The average molecular weight is 636 g/mol. The van der Waals surface area contributed by atoms with Crippen LogP contribution in [0.3, 0.4) is 0 Å². The lowest BCUT2D eigenvalue weighted by atomic mass is 10.1. The van der Waals surface area contributed by atoms with Crippen molar-refractivity contribution in [3.05, 3.63) is 48.4 Å². The van der Waals surface area contributed by atoms with Gasteiger partial charge in [0, 0.05) is 11.0 Å². The van der Waals surface area contributed by atoms with E-state index in [1.54, 1.807) is 23.1 Å². The van der Waals surface area contributed by atoms with Crippen LogP contribution in [0.15, 0.2) is 38.5 Å². The van der Waals surface area contributed by atoms with Crippen molar-refractivity contribution in [1.29, 1.82) is 0 Å². The molecule has 0 radical (unpaired) electrons. The van der Waals surface area contributed by atoms with Crippen LogP contribution in [-0.4, -0.2) is 73.1 Å². The van der Waals surface area contributed by atoms with Crippen LogP contribution in [0.4, 0.5) is 5.69 Å². The molecule has 3 N–H and O–H groups in total. The molecule has 12 nitrogen and oxygen atoms in total. The lowest BCUT2D eigenvalue weighted by Gasteiger charge is -2.20. The Kier molecular flexibility index (Phi) is 8.00. The summed E-state index contributed by atoms with van der Waals surface area (Å²) in [7, 11) is 1.51. The first-order valence-electron chi connectivity index (χ1n) is 12.0. The number of carboxylic acids is 3. The van der Waals surface area contributed by atoms with E-state index >= 15 is 0 Å². The van der Waals surface area contributed by atoms with Crippen LogP contribution in [-0.2, 0) is 25.7 Å². The second-order valence-electron chi connectivity index (χ2n) is 9.13. The van der Waals surface area contributed by atoms with E-state index in [0.29, 0.717) is 16.5 Å². The van der Waals surface area contributed by atoms with Crippen LogP contribution in [0.2, 0.25) is 0 Å². The van der Waals surface area contributed by atoms with Gasteiger partial charge in [0.05, 0.1) is 22.4 Å². The predicted octanol–water partition coefficient (Wildman–Crippen LogP) is 1.16. The van der Waals surface area contributed by atoms with Crippen molar-refractivity contribution in [1.82, 2.24) is 9.47 Å². The zero-order valence-corrected chi connectivity index (χ0v) is 24.5. The number of carbonyl (C=O) groups is 4. The molecule has 1 saturated heterocycles. The zero-order valence-electron chi connectivity index (χ0n) is 21.2. The molecule has 214 valence electrons. The minimum atomic E-state index is -1.30. The number of carboxylic acid groups (broad SMARTS) is 3. The standard InChI is InChI=1S/C25H21N3O9S4/c1-37-12-4-5-15-14(6-12)26(8-17(29)30)23(39-15)13(11-2-3-11)7-16-21(35)27(9-18(31)32)24(40-16)20-22(36)28(10-19(33)34)25(38)41-20/h4-7,11H,2-3,8-10H2,1H3,(H,29,30)(H,31,32)(H,33,34)/b16-7+,23-13-,24-20-. The second kappa shape index (κ2) is 11.3. The van der Waals surface area contributed by atoms with E-state index in [-0.39, 0.29) is 30.9 Å². The molecule has 1 aromatic heterocycles. The molecule has 3 aliphatic rings. The number of thioether (sulfide) groups is 2. The molecule has 1 aromatic carbocycles. The second-order valence-corrected chi connectivity index (χ2v) is 12.8. The van der Waals surface area contributed by atoms with E-state index in [4.69, 9.17) is 22.1 Å². The number of amides is 1. The van der Waals surface area contributed by atoms with Gasteiger partial charge in [-0.05, 0) is 42.5 Å². The van der Waals surface area contributed by atoms with Crippen molar-refractivity contribution in [3.8, 4) is 5.75 Å². The number of allylic oxidation sites excluding steroid dienone is 1. The number of fused-ring (bicyclic) bond motifs is 1. The topological polar surface area (TPSA) is 167 Å². The van der Waals surface area contributed by atoms with E-state index < -0.39 is 42.5 Å². The summed E-state index contributed by atoms with van der Waals surface area (Å²) in [4.78, 5) is 64.6. The summed E-state index contributed by atoms with van der Waals surface area (Å²) in [5, 5.41) is 29.0. The fraction of sp³-hybridized carbons (Fsp3) is 0.280. The van der Waals surface area contributed by atoms with Crippen LogP contribution in [0.5, 0.6) is 5.75 Å². The molecule has 41 heavy (non-hydrogen) atoms. The molecule has 16 heteroatoms. The molecule has 1 aliphatic carbocycles. The number of aliphatic carboxylic acids is 3. The van der Waals surface area contributed by atoms with Crippen molar-refractivity contribution >= 4 is 91.9 Å². The molecule has 1 saturated carbocycles. The van der Waals surface area contributed by atoms with Gasteiger partial charge in [0.25, 0.3) is 11.5 Å². The number of hydrogen-bond donors (Lipinski definition) is 3. The van der Waals surface area contributed by atoms with Crippen LogP contribution in [0.25, 0.3) is 11.0 Å². The Morgan fingerprint density at radius 1 is 1.02 bits per heavy atom. The fourth-order valence-electron chi connectivity index (χ4n) is 4.35. The van der Waals surface area contributed by atoms with Gasteiger partial charge in [0.2, 0.25) is 0 Å². The van der Waals surface area contributed by atoms with Crippen molar-refractivity contribution in [3.63, 3.8) is 0 Å². The van der Waals surface area contributed by atoms with Gasteiger partial charge in [-0.25, -0.2) is 0 Å². The van der Waals surface area contributed by atoms with Gasteiger partial charge in [-0.3, -0.25) is 33.4 Å². The third-order valence-corrected chi connectivity index (χ3v) is 10.2. The van der Waals surface area contributed by atoms with E-state index in [2.05, 4.69) is 0 Å². The molecule has 3 heterocycles. The van der Waals surface area contributed by atoms with Gasteiger partial charge in [-0.1, -0.05) is 35.7 Å². The normalized spacial score (nSPS) is 19.6. The number of rotatable bonds is 9. The van der Waals surface area contributed by atoms with E-state index in [1.807, 2.05) is 6.07 Å². The molecule has 2 aliphatic heterocycles. The van der Waals surface area contributed by atoms with Crippen LogP contribution < -0.4 is 24.4 Å². The molecule has 0 unspecified atom stereocenters. The van der Waals surface area contributed by atoms with Crippen LogP contribution >= 0.6 is 47.1 Å². The van der Waals surface area contributed by atoms with Crippen LogP contribution in [0.1, 0.15) is 12.8 Å². The first-order valence-corrected chi connectivity index (χ1v) is 14.9. The number of nitrogens with zero attached hydrogens (tertiary/aromatic N) is 3. The van der Waals surface area contributed by atoms with Gasteiger partial charge in [0.1, 0.15) is 39.3 Å². The highest BCUT2D eigenvalue weighted by Gasteiger charge is 2.37. The van der Waals surface area contributed by atoms with Gasteiger partial charge in [-0.2, -0.15) is 0 Å². The van der Waals surface area contributed by atoms with Crippen LogP contribution in [0, 0.1) is 5.92 Å². The molecular weight excluding hydrogens is 615 g/mol. The maximum atomic E-state index is 13.5. The number of ether oxygens (including phenoxy) is 1. The quantitative estimate of drug-likeness (QED) is 0.336. The molecule has 1 amide bonds. The Hall–Kier alpha value is -3.60. The highest BCUT2D eigenvalue weighted by atomic mass is 32.2. The van der Waals surface area contributed by atoms with Gasteiger partial charge < -0.3 is 25.0 Å². The number of benzene rings is 1. The van der Waals surface area contributed by atoms with E-state index in [9.17, 15) is 34.2 Å². The summed E-state index contributed by atoms with van der Waals surface area (Å²) in [5.41, 5.74) is 0.753. The number of thiazole rings is 1. The SMILES string of the molecule is COc1ccc2c(c1)N(CC(=O)O)/C(=C(\C=c1\s/c(=C3\SC(=S)N(CC(=O)O)C3=O)n(CC(=O)O)c1=O)C1CC1)S2. The highest BCUT2D eigenvalue weighted by Crippen LogP contribution is 2.52. The third kappa shape index (κ3) is 5.77. The molecule has 0 atom stereocenters. The Morgan fingerprint density at radius 3 is 2.29 bits per heavy atom. The molecule has 2 fully saturated rings. The lowest BCUT2D eigenvalue weighted by molar-refractivity contribution is -0.140. The van der Waals surface area contributed by atoms with Crippen molar-refractivity contribution < 1.29 is 39.2 Å². The number of carbonyl (C=O) groups excluding carboxylic acids is 1. The molecule has 0 bridgehead atoms. The summed E-state index contributed by atoms with van der Waals surface area (Å²) in [5.74, 6) is -3.74. The number of thiocarbonyl (C=S) groups is 1. The summed E-state index contributed by atoms with van der Waals surface area (Å²) in [6.45, 7) is -1.71. The summed E-state index contributed by atoms with van der Waals surface area (Å²) >= 11 is 8.27. The Labute approximate surface area is 249 Å². The van der Waals surface area contributed by atoms with Gasteiger partial charge in [0.15, 0.2) is 0 Å². The number of anilines is 1. The molecular formula is C25H21N3O9S4. The minimum absolute atomic E-state index is 0.0127. The van der Waals surface area contributed by atoms with Gasteiger partial charge >= 0.3 is 17.9 Å². The summed E-state index contributed by atoms with van der Waals surface area (Å²) < 4.78 is 6.50. The first kappa shape index (κ1) is 28.9. The molecule has 0 spiro atoms. The van der Waals surface area contributed by atoms with E-state index in [0.717, 1.165) is 55.9 Å². The Balaban J connectivity index is 1.71. The third-order valence-electron chi connectivity index (χ3n) is 6.29.